The van der Waals surface area contributed by atoms with Gasteiger partial charge in [0.05, 0.1) is 7.11 Å². The Bertz CT molecular complexity index is 1550. The number of anilines is 2. The number of ether oxygens (including phenoxy) is 2. The van der Waals surface area contributed by atoms with Crippen LogP contribution in [0.4, 0.5) is 11.4 Å². The van der Waals surface area contributed by atoms with Crippen LogP contribution in [0.15, 0.2) is 64.2 Å². The summed E-state index contributed by atoms with van der Waals surface area (Å²) in [4.78, 5) is 43.9. The van der Waals surface area contributed by atoms with Gasteiger partial charge in [-0.2, -0.15) is 0 Å². The smallest absolute Gasteiger partial charge is 0.328 e. The molecule has 0 spiro atoms. The van der Waals surface area contributed by atoms with Crippen molar-refractivity contribution in [2.45, 2.75) is 51.2 Å². The Balaban J connectivity index is 1.35. The SMILES string of the molecule is COC(=O)[C@@H](Cc1ccc(Oc2nc(Cl)cc3ccccc23)cc1)Nc1c(N2[C@H](C)CC[C@H]2C)c(=O)c1=O. The van der Waals surface area contributed by atoms with Gasteiger partial charge in [0, 0.05) is 23.9 Å². The third kappa shape index (κ3) is 4.84. The van der Waals surface area contributed by atoms with Gasteiger partial charge in [-0.1, -0.05) is 41.9 Å². The number of benzene rings is 2. The molecule has 0 aliphatic carbocycles. The second-order valence-electron chi connectivity index (χ2n) is 9.71. The second-order valence-corrected chi connectivity index (χ2v) is 10.1. The summed E-state index contributed by atoms with van der Waals surface area (Å²) in [7, 11) is 1.30. The largest absolute Gasteiger partial charge is 0.467 e. The first kappa shape index (κ1) is 25.7. The molecule has 1 aliphatic rings. The van der Waals surface area contributed by atoms with E-state index < -0.39 is 22.9 Å². The molecule has 0 amide bonds. The van der Waals surface area contributed by atoms with E-state index in [2.05, 4.69) is 10.3 Å². The lowest BCUT2D eigenvalue weighted by Gasteiger charge is -2.32. The number of carbonyl (C=O) groups excluding carboxylic acids is 1. The Morgan fingerprint density at radius 3 is 2.45 bits per heavy atom. The van der Waals surface area contributed by atoms with Crippen LogP contribution in [0, 0.1) is 0 Å². The summed E-state index contributed by atoms with van der Waals surface area (Å²) < 4.78 is 11.0. The number of nitrogens with zero attached hydrogens (tertiary/aromatic N) is 2. The predicted octanol–water partition coefficient (Wildman–Crippen LogP) is 4.85. The number of esters is 1. The number of methoxy groups -OCH3 is 1. The van der Waals surface area contributed by atoms with Crippen LogP contribution >= 0.6 is 11.6 Å². The molecule has 1 fully saturated rings. The lowest BCUT2D eigenvalue weighted by atomic mass is 10.0. The number of hydrogen-bond donors (Lipinski definition) is 1. The Morgan fingerprint density at radius 1 is 1.08 bits per heavy atom. The number of hydrogen-bond acceptors (Lipinski definition) is 8. The molecule has 9 heteroatoms. The van der Waals surface area contributed by atoms with Crippen molar-refractivity contribution in [2.75, 3.05) is 17.3 Å². The first-order chi connectivity index (χ1) is 18.3. The maximum absolute atomic E-state index is 12.6. The lowest BCUT2D eigenvalue weighted by Crippen LogP contribution is -2.48. The summed E-state index contributed by atoms with van der Waals surface area (Å²) in [6.07, 6.45) is 2.12. The van der Waals surface area contributed by atoms with Crippen molar-refractivity contribution in [3.63, 3.8) is 0 Å². The molecule has 3 atom stereocenters. The second kappa shape index (κ2) is 10.5. The Hall–Kier alpha value is -3.91. The molecule has 0 unspecified atom stereocenters. The number of rotatable bonds is 8. The summed E-state index contributed by atoms with van der Waals surface area (Å²) >= 11 is 6.17. The van der Waals surface area contributed by atoms with Gasteiger partial charge in [-0.25, -0.2) is 9.78 Å². The van der Waals surface area contributed by atoms with Gasteiger partial charge in [0.1, 0.15) is 28.3 Å². The van der Waals surface area contributed by atoms with E-state index in [-0.39, 0.29) is 24.2 Å². The van der Waals surface area contributed by atoms with Crippen LogP contribution in [0.1, 0.15) is 32.3 Å². The molecule has 1 aliphatic heterocycles. The zero-order valence-electron chi connectivity index (χ0n) is 21.4. The number of fused-ring (bicyclic) bond motifs is 1. The maximum atomic E-state index is 12.6. The quantitative estimate of drug-likeness (QED) is 0.195. The minimum Gasteiger partial charge on any atom is -0.467 e. The molecule has 2 heterocycles. The molecule has 5 rings (SSSR count). The maximum Gasteiger partial charge on any atom is 0.328 e. The highest BCUT2D eigenvalue weighted by Crippen LogP contribution is 2.33. The van der Waals surface area contributed by atoms with Crippen molar-refractivity contribution >= 4 is 39.7 Å². The zero-order valence-corrected chi connectivity index (χ0v) is 22.1. The van der Waals surface area contributed by atoms with E-state index >= 15 is 0 Å². The molecule has 1 N–H and O–H groups in total. The van der Waals surface area contributed by atoms with E-state index in [1.54, 1.807) is 18.2 Å². The molecule has 0 radical (unpaired) electrons. The number of nitrogens with one attached hydrogen (secondary N) is 1. The van der Waals surface area contributed by atoms with E-state index in [1.165, 1.54) is 7.11 Å². The standard InChI is InChI=1S/C29H28ClN3O5/c1-16-8-9-17(2)33(16)25-24(26(34)27(25)35)31-22(29(36)37-3)14-18-10-12-20(13-11-18)38-28-21-7-5-4-6-19(21)15-23(30)32-28/h4-7,10-13,15-17,22,31H,8-9,14H2,1-3H3/t16-,17-,22-/m1/s1. The summed E-state index contributed by atoms with van der Waals surface area (Å²) in [5, 5.41) is 5.10. The van der Waals surface area contributed by atoms with Crippen LogP contribution in [0.2, 0.25) is 5.15 Å². The van der Waals surface area contributed by atoms with Crippen molar-refractivity contribution in [2.24, 2.45) is 0 Å². The van der Waals surface area contributed by atoms with Gasteiger partial charge in [-0.3, -0.25) is 9.59 Å². The molecule has 3 aromatic carbocycles. The van der Waals surface area contributed by atoms with Crippen LogP contribution in [0.3, 0.4) is 0 Å². The fraction of sp³-hybridized carbons (Fsp3) is 0.310. The van der Waals surface area contributed by atoms with E-state index in [9.17, 15) is 14.4 Å². The van der Waals surface area contributed by atoms with Crippen molar-refractivity contribution in [3.05, 3.63) is 85.8 Å². The zero-order chi connectivity index (χ0) is 27.0. The van der Waals surface area contributed by atoms with E-state index in [4.69, 9.17) is 21.1 Å². The normalized spacial score (nSPS) is 18.1. The van der Waals surface area contributed by atoms with Crippen LogP contribution in [0.5, 0.6) is 11.6 Å². The van der Waals surface area contributed by atoms with Crippen molar-refractivity contribution in [3.8, 4) is 11.6 Å². The molecule has 0 bridgehead atoms. The van der Waals surface area contributed by atoms with E-state index in [1.807, 2.05) is 55.1 Å². The van der Waals surface area contributed by atoms with Gasteiger partial charge in [0.15, 0.2) is 0 Å². The first-order valence-electron chi connectivity index (χ1n) is 12.5. The third-order valence-corrected chi connectivity index (χ3v) is 7.35. The van der Waals surface area contributed by atoms with Gasteiger partial charge in [-0.15, -0.1) is 0 Å². The van der Waals surface area contributed by atoms with Crippen molar-refractivity contribution in [1.82, 2.24) is 4.98 Å². The third-order valence-electron chi connectivity index (χ3n) is 7.15. The summed E-state index contributed by atoms with van der Waals surface area (Å²) in [5.41, 5.74) is 0.245. The monoisotopic (exact) mass is 533 g/mol. The fourth-order valence-electron chi connectivity index (χ4n) is 5.16. The number of carbonyl (C=O) groups is 1. The average molecular weight is 534 g/mol. The van der Waals surface area contributed by atoms with Crippen LogP contribution < -0.4 is 25.8 Å². The highest BCUT2D eigenvalue weighted by Gasteiger charge is 2.37. The number of pyridine rings is 1. The molecular weight excluding hydrogens is 506 g/mol. The van der Waals surface area contributed by atoms with Crippen molar-refractivity contribution < 1.29 is 14.3 Å². The molecule has 1 saturated heterocycles. The highest BCUT2D eigenvalue weighted by atomic mass is 35.5. The van der Waals surface area contributed by atoms with Gasteiger partial charge in [-0.05, 0) is 61.9 Å². The number of halogens is 1. The molecule has 196 valence electrons. The minimum absolute atomic E-state index is 0.143. The van der Waals surface area contributed by atoms with E-state index in [0.29, 0.717) is 22.5 Å². The van der Waals surface area contributed by atoms with Crippen LogP contribution in [0.25, 0.3) is 10.8 Å². The minimum atomic E-state index is -0.847. The van der Waals surface area contributed by atoms with Gasteiger partial charge >= 0.3 is 5.97 Å². The Kier molecular flexibility index (Phi) is 7.08. The highest BCUT2D eigenvalue weighted by molar-refractivity contribution is 6.30. The van der Waals surface area contributed by atoms with Crippen LogP contribution in [-0.4, -0.2) is 36.2 Å². The Labute approximate surface area is 224 Å². The van der Waals surface area contributed by atoms with E-state index in [0.717, 1.165) is 29.2 Å². The number of aromatic nitrogens is 1. The van der Waals surface area contributed by atoms with Crippen molar-refractivity contribution in [1.29, 1.82) is 0 Å². The summed E-state index contributed by atoms with van der Waals surface area (Å²) in [6, 6.07) is 16.1. The molecule has 1 aromatic heterocycles. The molecule has 4 aromatic rings. The fourth-order valence-corrected chi connectivity index (χ4v) is 5.35. The Morgan fingerprint density at radius 2 is 1.76 bits per heavy atom. The average Bonchev–Trinajstić information content (AvgIpc) is 3.24. The summed E-state index contributed by atoms with van der Waals surface area (Å²) in [6.45, 7) is 4.07. The van der Waals surface area contributed by atoms with Gasteiger partial charge in [0.2, 0.25) is 5.88 Å². The topological polar surface area (TPSA) is 97.8 Å². The predicted molar refractivity (Wildman–Crippen MR) is 148 cm³/mol. The summed E-state index contributed by atoms with van der Waals surface area (Å²) in [5.74, 6) is 0.424. The lowest BCUT2D eigenvalue weighted by molar-refractivity contribution is -0.141. The first-order valence-corrected chi connectivity index (χ1v) is 12.9. The van der Waals surface area contributed by atoms with Crippen LogP contribution in [-0.2, 0) is 16.0 Å². The van der Waals surface area contributed by atoms with Gasteiger partial charge in [0.25, 0.3) is 10.9 Å². The van der Waals surface area contributed by atoms with Gasteiger partial charge < -0.3 is 19.7 Å². The molecule has 8 nitrogen and oxygen atoms in total. The molecule has 38 heavy (non-hydrogen) atoms. The molecular formula is C29H28ClN3O5. The molecule has 0 saturated carbocycles.